The van der Waals surface area contributed by atoms with Crippen LogP contribution in [0.4, 0.5) is 18.9 Å². The fourth-order valence-electron chi connectivity index (χ4n) is 4.97. The van der Waals surface area contributed by atoms with Crippen LogP contribution in [0.3, 0.4) is 0 Å². The number of likely N-dealkylation sites (tertiary alicyclic amines) is 1. The predicted molar refractivity (Wildman–Crippen MR) is 143 cm³/mol. The lowest BCUT2D eigenvalue weighted by Gasteiger charge is -2.41. The van der Waals surface area contributed by atoms with Gasteiger partial charge in [0, 0.05) is 35.2 Å². The quantitative estimate of drug-likeness (QED) is 0.381. The molecule has 2 aliphatic heterocycles. The maximum atomic E-state index is 12.9. The molecule has 0 unspecified atom stereocenters. The number of carbonyl (C=O) groups excluding carboxylic acids is 2. The molecule has 0 bridgehead atoms. The number of alkyl halides is 3. The molecule has 2 amide bonds. The number of aliphatic hydroxyl groups is 2. The first-order chi connectivity index (χ1) is 19.1. The highest BCUT2D eigenvalue weighted by atomic mass is 32.2. The highest BCUT2D eigenvalue weighted by Crippen LogP contribution is 2.42. The zero-order valence-electron chi connectivity index (χ0n) is 22.0. The summed E-state index contributed by atoms with van der Waals surface area (Å²) >= 11 is 1.58. The van der Waals surface area contributed by atoms with Crippen molar-refractivity contribution in [1.29, 1.82) is 0 Å². The number of rotatable bonds is 9. The molecule has 0 saturated carbocycles. The second kappa shape index (κ2) is 13.3. The van der Waals surface area contributed by atoms with Crippen molar-refractivity contribution in [2.75, 3.05) is 30.0 Å². The van der Waals surface area contributed by atoms with Crippen molar-refractivity contribution < 1.29 is 42.4 Å². The molecule has 218 valence electrons. The molecule has 2 aromatic rings. The average molecular weight is 583 g/mol. The van der Waals surface area contributed by atoms with Gasteiger partial charge in [-0.1, -0.05) is 43.3 Å². The average Bonchev–Trinajstić information content (AvgIpc) is 3.44. The maximum absolute atomic E-state index is 12.9. The molecule has 2 aliphatic rings. The van der Waals surface area contributed by atoms with E-state index in [0.717, 1.165) is 11.1 Å². The predicted octanol–water partition coefficient (Wildman–Crippen LogP) is 4.19. The first-order valence-corrected chi connectivity index (χ1v) is 14.3. The van der Waals surface area contributed by atoms with Gasteiger partial charge < -0.3 is 29.9 Å². The van der Waals surface area contributed by atoms with Gasteiger partial charge in [0.1, 0.15) is 6.04 Å². The molecule has 0 radical (unpaired) electrons. The van der Waals surface area contributed by atoms with Crippen molar-refractivity contribution in [3.05, 3.63) is 65.2 Å². The number of anilines is 1. The largest absolute Gasteiger partial charge is 0.471 e. The molecule has 0 aliphatic carbocycles. The topological polar surface area (TPSA) is 108 Å². The highest BCUT2D eigenvalue weighted by Gasteiger charge is 2.47. The van der Waals surface area contributed by atoms with E-state index in [0.29, 0.717) is 34.1 Å². The number of benzene rings is 2. The van der Waals surface area contributed by atoms with E-state index in [1.54, 1.807) is 36.0 Å². The van der Waals surface area contributed by atoms with Gasteiger partial charge in [0.25, 0.3) is 0 Å². The summed E-state index contributed by atoms with van der Waals surface area (Å²) in [6.45, 7) is 1.92. The number of nitrogens with one attached hydrogen (secondary N) is 1. The Morgan fingerprint density at radius 2 is 1.73 bits per heavy atom. The molecule has 8 nitrogen and oxygen atoms in total. The van der Waals surface area contributed by atoms with Gasteiger partial charge in [-0.05, 0) is 36.1 Å². The molecule has 2 fully saturated rings. The zero-order valence-corrected chi connectivity index (χ0v) is 22.8. The van der Waals surface area contributed by atoms with Crippen molar-refractivity contribution in [2.24, 2.45) is 5.92 Å². The van der Waals surface area contributed by atoms with Crippen LogP contribution in [-0.2, 0) is 25.7 Å². The fourth-order valence-corrected chi connectivity index (χ4v) is 5.88. The first kappa shape index (κ1) is 30.3. The highest BCUT2D eigenvalue weighted by molar-refractivity contribution is 7.99. The van der Waals surface area contributed by atoms with E-state index in [1.807, 2.05) is 31.2 Å². The molecule has 2 saturated heterocycles. The first-order valence-electron chi connectivity index (χ1n) is 13.1. The summed E-state index contributed by atoms with van der Waals surface area (Å²) in [5.41, 5.74) is 2.79. The van der Waals surface area contributed by atoms with E-state index in [4.69, 9.17) is 9.47 Å². The molecule has 5 atom stereocenters. The Hall–Kier alpha value is -2.64. The van der Waals surface area contributed by atoms with Crippen molar-refractivity contribution in [1.82, 2.24) is 4.90 Å². The summed E-state index contributed by atoms with van der Waals surface area (Å²) in [5, 5.41) is 21.2. The number of nitrogens with zero attached hydrogens (tertiary/aromatic N) is 1. The van der Waals surface area contributed by atoms with E-state index in [1.165, 1.54) is 0 Å². The lowest BCUT2D eigenvalue weighted by atomic mass is 9.91. The van der Waals surface area contributed by atoms with E-state index < -0.39 is 30.3 Å². The van der Waals surface area contributed by atoms with Gasteiger partial charge in [0.15, 0.2) is 6.29 Å². The number of thioether (sulfide) groups is 1. The number of hydrogen-bond donors (Lipinski definition) is 3. The summed E-state index contributed by atoms with van der Waals surface area (Å²) in [6.07, 6.45) is -5.77. The van der Waals surface area contributed by atoms with Crippen LogP contribution in [0.25, 0.3) is 0 Å². The lowest BCUT2D eigenvalue weighted by Crippen LogP contribution is -2.48. The molecule has 0 aromatic heterocycles. The summed E-state index contributed by atoms with van der Waals surface area (Å²) in [4.78, 5) is 25.0. The minimum absolute atomic E-state index is 0.00486. The normalized spacial score (nSPS) is 25.1. The second-order valence-electron chi connectivity index (χ2n) is 9.89. The van der Waals surface area contributed by atoms with Gasteiger partial charge in [-0.2, -0.15) is 24.9 Å². The monoisotopic (exact) mass is 582 g/mol. The smallest absolute Gasteiger partial charge is 0.396 e. The van der Waals surface area contributed by atoms with Gasteiger partial charge in [0.2, 0.25) is 5.91 Å². The second-order valence-corrected chi connectivity index (χ2v) is 11.0. The molecule has 2 heterocycles. The summed E-state index contributed by atoms with van der Waals surface area (Å²) in [6, 6.07) is 13.0. The number of carbonyl (C=O) groups is 2. The third-order valence-electron chi connectivity index (χ3n) is 7.15. The fraction of sp³-hybridized carbons (Fsp3) is 0.500. The molecule has 40 heavy (non-hydrogen) atoms. The van der Waals surface area contributed by atoms with Crippen molar-refractivity contribution in [2.45, 2.75) is 57.1 Å². The third kappa shape index (κ3) is 7.16. The molecular formula is C28H33F3N2O6S. The Morgan fingerprint density at radius 1 is 1.05 bits per heavy atom. The van der Waals surface area contributed by atoms with E-state index in [-0.39, 0.29) is 44.3 Å². The number of amides is 2. The number of ether oxygens (including phenoxy) is 2. The van der Waals surface area contributed by atoms with E-state index >= 15 is 0 Å². The summed E-state index contributed by atoms with van der Waals surface area (Å²) < 4.78 is 51.4. The Labute approximate surface area is 234 Å². The lowest BCUT2D eigenvalue weighted by molar-refractivity contribution is -0.268. The van der Waals surface area contributed by atoms with Crippen LogP contribution >= 0.6 is 11.8 Å². The SMILES string of the molecule is C[C@@H]1[C@H](CSCCO)O[C@H](c2ccc(NC(=O)[C@@H]3CCCN3C(=O)C(F)(F)F)cc2)O[C@@H]1c1ccc(CO)cc1. The van der Waals surface area contributed by atoms with Crippen LogP contribution < -0.4 is 5.32 Å². The Bertz CT molecular complexity index is 1150. The molecule has 4 rings (SSSR count). The van der Waals surface area contributed by atoms with Crippen molar-refractivity contribution >= 4 is 29.3 Å². The van der Waals surface area contributed by atoms with Crippen LogP contribution in [0, 0.1) is 5.92 Å². The Balaban J connectivity index is 1.47. The Morgan fingerprint density at radius 3 is 2.35 bits per heavy atom. The van der Waals surface area contributed by atoms with Crippen LogP contribution in [0.5, 0.6) is 0 Å². The van der Waals surface area contributed by atoms with E-state index in [2.05, 4.69) is 5.32 Å². The van der Waals surface area contributed by atoms with Gasteiger partial charge in [-0.3, -0.25) is 9.59 Å². The maximum Gasteiger partial charge on any atom is 0.471 e. The third-order valence-corrected chi connectivity index (χ3v) is 8.19. The molecular weight excluding hydrogens is 549 g/mol. The minimum atomic E-state index is -5.03. The number of halogens is 3. The van der Waals surface area contributed by atoms with Crippen LogP contribution in [0.15, 0.2) is 48.5 Å². The van der Waals surface area contributed by atoms with E-state index in [9.17, 15) is 33.0 Å². The van der Waals surface area contributed by atoms with Gasteiger partial charge >= 0.3 is 12.1 Å². The Kier molecular flexibility index (Phi) is 10.1. The molecule has 0 spiro atoms. The van der Waals surface area contributed by atoms with Crippen molar-refractivity contribution in [3.63, 3.8) is 0 Å². The molecule has 3 N–H and O–H groups in total. The number of hydrogen-bond acceptors (Lipinski definition) is 7. The minimum Gasteiger partial charge on any atom is -0.396 e. The summed E-state index contributed by atoms with van der Waals surface area (Å²) in [7, 11) is 0. The molecule has 2 aromatic carbocycles. The van der Waals surface area contributed by atoms with Crippen molar-refractivity contribution in [3.8, 4) is 0 Å². The van der Waals surface area contributed by atoms with Crippen LogP contribution in [-0.4, -0.2) is 69.9 Å². The number of aliphatic hydroxyl groups excluding tert-OH is 2. The van der Waals surface area contributed by atoms with Crippen LogP contribution in [0.1, 0.15) is 48.8 Å². The van der Waals surface area contributed by atoms with Gasteiger partial charge in [-0.25, -0.2) is 0 Å². The van der Waals surface area contributed by atoms with Gasteiger partial charge in [-0.15, -0.1) is 0 Å². The standard InChI is InChI=1S/C28H33F3N2O6S/c1-17-23(16-40-14-13-34)38-26(39-24(17)19-6-4-18(15-35)5-7-19)20-8-10-21(11-9-20)32-25(36)22-3-2-12-33(22)27(37)28(29,30)31/h4-11,17,22-24,26,34-35H,2-3,12-16H2,1H3,(H,32,36)/t17-,22+,23+,24+,26+/m1/s1. The van der Waals surface area contributed by atoms with Gasteiger partial charge in [0.05, 0.1) is 25.4 Å². The van der Waals surface area contributed by atoms with Crippen LogP contribution in [0.2, 0.25) is 0 Å². The molecule has 12 heteroatoms. The zero-order chi connectivity index (χ0) is 28.9. The summed E-state index contributed by atoms with van der Waals surface area (Å²) in [5.74, 6) is -1.46.